The standard InChI is InChI=1S/C14H24N2O/c1-9-4-2-3-7-16(9)14(17)12-10-5-6-11(8-10)13(12)15/h9-13H,2-8,15H2,1H3. The van der Waals surface area contributed by atoms with Crippen molar-refractivity contribution in [3.63, 3.8) is 0 Å². The van der Waals surface area contributed by atoms with Gasteiger partial charge in [0, 0.05) is 18.6 Å². The number of carbonyl (C=O) groups is 1. The van der Waals surface area contributed by atoms with Crippen LogP contribution >= 0.6 is 0 Å². The van der Waals surface area contributed by atoms with Crippen LogP contribution in [0.3, 0.4) is 0 Å². The molecule has 3 rings (SSSR count). The number of nitrogens with two attached hydrogens (primary N) is 1. The van der Waals surface area contributed by atoms with E-state index in [1.165, 1.54) is 38.5 Å². The Balaban J connectivity index is 1.73. The van der Waals surface area contributed by atoms with Gasteiger partial charge in [0.15, 0.2) is 0 Å². The topological polar surface area (TPSA) is 46.3 Å². The van der Waals surface area contributed by atoms with Crippen LogP contribution in [0, 0.1) is 17.8 Å². The molecule has 2 bridgehead atoms. The monoisotopic (exact) mass is 236 g/mol. The summed E-state index contributed by atoms with van der Waals surface area (Å²) in [5.74, 6) is 1.75. The Morgan fingerprint density at radius 3 is 2.59 bits per heavy atom. The fraction of sp³-hybridized carbons (Fsp3) is 0.929. The number of carbonyl (C=O) groups excluding carboxylic acids is 1. The second-order valence-corrected chi connectivity index (χ2v) is 6.31. The van der Waals surface area contributed by atoms with Gasteiger partial charge in [-0.25, -0.2) is 0 Å². The first kappa shape index (κ1) is 11.5. The van der Waals surface area contributed by atoms with Gasteiger partial charge in [-0.15, -0.1) is 0 Å². The molecule has 2 aliphatic carbocycles. The van der Waals surface area contributed by atoms with E-state index in [4.69, 9.17) is 5.73 Å². The summed E-state index contributed by atoms with van der Waals surface area (Å²) < 4.78 is 0. The van der Waals surface area contributed by atoms with Crippen molar-refractivity contribution >= 4 is 5.91 Å². The number of hydrogen-bond acceptors (Lipinski definition) is 2. The molecule has 0 aromatic carbocycles. The minimum atomic E-state index is 0.147. The van der Waals surface area contributed by atoms with Gasteiger partial charge in [0.1, 0.15) is 0 Å². The molecule has 96 valence electrons. The minimum Gasteiger partial charge on any atom is -0.340 e. The zero-order valence-electron chi connectivity index (χ0n) is 10.8. The van der Waals surface area contributed by atoms with Crippen LogP contribution < -0.4 is 5.73 Å². The second kappa shape index (κ2) is 4.27. The number of fused-ring (bicyclic) bond motifs is 2. The molecule has 3 nitrogen and oxygen atoms in total. The third kappa shape index (κ3) is 1.79. The van der Waals surface area contributed by atoms with Crippen LogP contribution in [0.5, 0.6) is 0 Å². The van der Waals surface area contributed by atoms with Crippen molar-refractivity contribution in [1.82, 2.24) is 4.90 Å². The molecule has 5 atom stereocenters. The Hall–Kier alpha value is -0.570. The SMILES string of the molecule is CC1CCCCN1C(=O)C1C2CCC(C2)C1N. The number of piperidine rings is 1. The molecule has 5 unspecified atom stereocenters. The van der Waals surface area contributed by atoms with Crippen LogP contribution in [0.15, 0.2) is 0 Å². The molecule has 2 N–H and O–H groups in total. The molecule has 1 aliphatic heterocycles. The largest absolute Gasteiger partial charge is 0.340 e. The van der Waals surface area contributed by atoms with E-state index >= 15 is 0 Å². The van der Waals surface area contributed by atoms with Crippen LogP contribution in [0.25, 0.3) is 0 Å². The highest BCUT2D eigenvalue weighted by atomic mass is 16.2. The van der Waals surface area contributed by atoms with Crippen molar-refractivity contribution in [1.29, 1.82) is 0 Å². The first-order valence-electron chi connectivity index (χ1n) is 7.24. The molecule has 0 radical (unpaired) electrons. The Bertz CT molecular complexity index is 315. The van der Waals surface area contributed by atoms with Crippen molar-refractivity contribution in [3.8, 4) is 0 Å². The van der Waals surface area contributed by atoms with Gasteiger partial charge < -0.3 is 10.6 Å². The van der Waals surface area contributed by atoms with E-state index in [0.29, 0.717) is 23.8 Å². The predicted octanol–water partition coefficient (Wildman–Crippen LogP) is 1.76. The lowest BCUT2D eigenvalue weighted by molar-refractivity contribution is -0.141. The maximum absolute atomic E-state index is 12.7. The van der Waals surface area contributed by atoms with E-state index in [9.17, 15) is 4.79 Å². The summed E-state index contributed by atoms with van der Waals surface area (Å²) in [4.78, 5) is 14.8. The lowest BCUT2D eigenvalue weighted by Crippen LogP contribution is -2.51. The summed E-state index contributed by atoms with van der Waals surface area (Å²) in [6, 6.07) is 0.581. The number of nitrogens with zero attached hydrogens (tertiary/aromatic N) is 1. The third-order valence-electron chi connectivity index (χ3n) is 5.35. The quantitative estimate of drug-likeness (QED) is 0.754. The van der Waals surface area contributed by atoms with E-state index in [-0.39, 0.29) is 12.0 Å². The van der Waals surface area contributed by atoms with Gasteiger partial charge in [0.25, 0.3) is 0 Å². The van der Waals surface area contributed by atoms with Crippen molar-refractivity contribution in [3.05, 3.63) is 0 Å². The number of amides is 1. The number of rotatable bonds is 1. The van der Waals surface area contributed by atoms with Crippen LogP contribution in [0.1, 0.15) is 45.4 Å². The van der Waals surface area contributed by atoms with Gasteiger partial charge in [-0.1, -0.05) is 0 Å². The Kier molecular flexibility index (Phi) is 2.89. The van der Waals surface area contributed by atoms with E-state index in [1.54, 1.807) is 0 Å². The Morgan fingerprint density at radius 2 is 1.94 bits per heavy atom. The average Bonchev–Trinajstić information content (AvgIpc) is 2.89. The fourth-order valence-corrected chi connectivity index (χ4v) is 4.32. The molecule has 3 fully saturated rings. The molecule has 17 heavy (non-hydrogen) atoms. The van der Waals surface area contributed by atoms with E-state index in [1.807, 2.05) is 0 Å². The molecule has 1 amide bonds. The molecule has 0 spiro atoms. The van der Waals surface area contributed by atoms with Gasteiger partial charge in [-0.3, -0.25) is 4.79 Å². The summed E-state index contributed by atoms with van der Waals surface area (Å²) >= 11 is 0. The van der Waals surface area contributed by atoms with E-state index in [0.717, 1.165) is 6.54 Å². The summed E-state index contributed by atoms with van der Waals surface area (Å²) in [6.45, 7) is 3.15. The van der Waals surface area contributed by atoms with Gasteiger partial charge in [-0.05, 0) is 57.3 Å². The highest BCUT2D eigenvalue weighted by molar-refractivity contribution is 5.81. The van der Waals surface area contributed by atoms with Crippen LogP contribution in [0.2, 0.25) is 0 Å². The maximum Gasteiger partial charge on any atom is 0.227 e. The van der Waals surface area contributed by atoms with E-state index in [2.05, 4.69) is 11.8 Å². The first-order chi connectivity index (χ1) is 8.18. The van der Waals surface area contributed by atoms with Gasteiger partial charge in [0.05, 0.1) is 5.92 Å². The Morgan fingerprint density at radius 1 is 1.18 bits per heavy atom. The van der Waals surface area contributed by atoms with Gasteiger partial charge >= 0.3 is 0 Å². The summed E-state index contributed by atoms with van der Waals surface area (Å²) in [7, 11) is 0. The molecular weight excluding hydrogens is 212 g/mol. The maximum atomic E-state index is 12.7. The smallest absolute Gasteiger partial charge is 0.227 e. The highest BCUT2D eigenvalue weighted by Crippen LogP contribution is 2.48. The van der Waals surface area contributed by atoms with Crippen molar-refractivity contribution in [2.75, 3.05) is 6.54 Å². The fourth-order valence-electron chi connectivity index (χ4n) is 4.32. The zero-order chi connectivity index (χ0) is 12.0. The van der Waals surface area contributed by atoms with Gasteiger partial charge in [-0.2, -0.15) is 0 Å². The predicted molar refractivity (Wildman–Crippen MR) is 67.3 cm³/mol. The van der Waals surface area contributed by atoms with Crippen molar-refractivity contribution in [2.45, 2.75) is 57.5 Å². The molecule has 0 aromatic rings. The van der Waals surface area contributed by atoms with Gasteiger partial charge in [0.2, 0.25) is 5.91 Å². The molecule has 2 saturated carbocycles. The molecule has 3 heteroatoms. The van der Waals surface area contributed by atoms with Crippen LogP contribution in [-0.4, -0.2) is 29.4 Å². The summed E-state index contributed by atoms with van der Waals surface area (Å²) in [5.41, 5.74) is 6.27. The lowest BCUT2D eigenvalue weighted by Gasteiger charge is -2.38. The van der Waals surface area contributed by atoms with E-state index < -0.39 is 0 Å². The normalized spacial score (nSPS) is 45.3. The Labute approximate surface area is 104 Å². The average molecular weight is 236 g/mol. The molecule has 1 saturated heterocycles. The summed E-state index contributed by atoms with van der Waals surface area (Å²) in [6.07, 6.45) is 7.31. The van der Waals surface area contributed by atoms with Crippen molar-refractivity contribution in [2.24, 2.45) is 23.5 Å². The minimum absolute atomic E-state index is 0.147. The van der Waals surface area contributed by atoms with Crippen molar-refractivity contribution < 1.29 is 4.79 Å². The zero-order valence-corrected chi connectivity index (χ0v) is 10.8. The lowest BCUT2D eigenvalue weighted by atomic mass is 9.83. The summed E-state index contributed by atoms with van der Waals surface area (Å²) in [5, 5.41) is 0. The molecule has 3 aliphatic rings. The molecular formula is C14H24N2O. The number of hydrogen-bond donors (Lipinski definition) is 1. The first-order valence-corrected chi connectivity index (χ1v) is 7.24. The molecule has 1 heterocycles. The van der Waals surface area contributed by atoms with Crippen LogP contribution in [-0.2, 0) is 4.79 Å². The molecule has 0 aromatic heterocycles. The number of likely N-dealkylation sites (tertiary alicyclic amines) is 1. The second-order valence-electron chi connectivity index (χ2n) is 6.31. The highest BCUT2D eigenvalue weighted by Gasteiger charge is 2.50. The van der Waals surface area contributed by atoms with Crippen LogP contribution in [0.4, 0.5) is 0 Å². The third-order valence-corrected chi connectivity index (χ3v) is 5.35.